The lowest BCUT2D eigenvalue weighted by molar-refractivity contribution is -0.137. The summed E-state index contributed by atoms with van der Waals surface area (Å²) in [4.78, 5) is 21.7. The third-order valence-corrected chi connectivity index (χ3v) is 1.98. The lowest BCUT2D eigenvalue weighted by Gasteiger charge is -2.13. The third-order valence-electron chi connectivity index (χ3n) is 1.98. The molecule has 1 aliphatic heterocycles. The number of esters is 1. The summed E-state index contributed by atoms with van der Waals surface area (Å²) in [7, 11) is 0. The number of hydrogen-bond acceptors (Lipinski definition) is 3. The zero-order chi connectivity index (χ0) is 7.90. The van der Waals surface area contributed by atoms with Crippen LogP contribution in [0.3, 0.4) is 0 Å². The second-order valence-electron chi connectivity index (χ2n) is 2.71. The zero-order valence-corrected chi connectivity index (χ0v) is 5.79. The molecule has 1 amide bonds. The van der Waals surface area contributed by atoms with Crippen molar-refractivity contribution in [2.75, 3.05) is 0 Å². The van der Waals surface area contributed by atoms with E-state index in [0.29, 0.717) is 6.42 Å². The van der Waals surface area contributed by atoms with Gasteiger partial charge < -0.3 is 10.1 Å². The summed E-state index contributed by atoms with van der Waals surface area (Å²) in [6.45, 7) is 0. The monoisotopic (exact) mass is 153 g/mol. The van der Waals surface area contributed by atoms with Crippen LogP contribution in [0, 0.1) is 0 Å². The smallest absolute Gasteiger partial charge is 0.374 e. The van der Waals surface area contributed by atoms with Crippen molar-refractivity contribution in [1.82, 2.24) is 5.32 Å². The summed E-state index contributed by atoms with van der Waals surface area (Å²) in [5, 5.41) is 2.48. The fraction of sp³-hybridized carbons (Fsp3) is 0.429. The van der Waals surface area contributed by atoms with Crippen LogP contribution in [0.15, 0.2) is 12.2 Å². The fourth-order valence-corrected chi connectivity index (χ4v) is 1.39. The van der Waals surface area contributed by atoms with Crippen LogP contribution >= 0.6 is 0 Å². The molecule has 1 atom stereocenters. The summed E-state index contributed by atoms with van der Waals surface area (Å²) in [6, 6.07) is 0. The molecule has 1 heterocycles. The number of cyclic esters (lactones) is 2. The molecule has 0 saturated carbocycles. The van der Waals surface area contributed by atoms with Gasteiger partial charge in [-0.15, -0.1) is 0 Å². The SMILES string of the molecule is O=C1NC2(C=CCC2)C(=O)O1. The van der Waals surface area contributed by atoms with Gasteiger partial charge in [-0.25, -0.2) is 9.59 Å². The first kappa shape index (κ1) is 6.39. The number of nitrogens with one attached hydrogen (secondary N) is 1. The number of carbonyl (C=O) groups is 2. The lowest BCUT2D eigenvalue weighted by Crippen LogP contribution is -2.42. The van der Waals surface area contributed by atoms with Crippen molar-refractivity contribution in [2.45, 2.75) is 18.4 Å². The Hall–Kier alpha value is -1.32. The van der Waals surface area contributed by atoms with E-state index < -0.39 is 17.6 Å². The molecule has 1 aliphatic carbocycles. The first-order valence-corrected chi connectivity index (χ1v) is 3.45. The molecule has 2 aliphatic rings. The highest BCUT2D eigenvalue weighted by Crippen LogP contribution is 2.27. The Balaban J connectivity index is 2.32. The largest absolute Gasteiger partial charge is 0.416 e. The van der Waals surface area contributed by atoms with Crippen LogP contribution in [0.2, 0.25) is 0 Å². The minimum atomic E-state index is -0.822. The van der Waals surface area contributed by atoms with Gasteiger partial charge in [-0.05, 0) is 12.8 Å². The van der Waals surface area contributed by atoms with Gasteiger partial charge in [0.1, 0.15) is 0 Å². The van der Waals surface area contributed by atoms with Gasteiger partial charge >= 0.3 is 12.1 Å². The molecular weight excluding hydrogens is 146 g/mol. The second kappa shape index (κ2) is 1.84. The number of ether oxygens (including phenoxy) is 1. The summed E-state index contributed by atoms with van der Waals surface area (Å²) in [5.74, 6) is -0.476. The molecule has 1 N–H and O–H groups in total. The highest BCUT2D eigenvalue weighted by Gasteiger charge is 2.47. The summed E-state index contributed by atoms with van der Waals surface area (Å²) in [5.41, 5.74) is -0.822. The van der Waals surface area contributed by atoms with Crippen LogP contribution in [0.25, 0.3) is 0 Å². The maximum atomic E-state index is 11.1. The Kier molecular flexibility index (Phi) is 1.07. The minimum Gasteiger partial charge on any atom is -0.374 e. The van der Waals surface area contributed by atoms with Crippen molar-refractivity contribution in [3.05, 3.63) is 12.2 Å². The number of carbonyl (C=O) groups excluding carboxylic acids is 2. The number of rotatable bonds is 0. The summed E-state index contributed by atoms with van der Waals surface area (Å²) in [6.07, 6.45) is 4.36. The van der Waals surface area contributed by atoms with Gasteiger partial charge in [0.25, 0.3) is 0 Å². The molecule has 1 spiro atoms. The molecule has 0 aromatic carbocycles. The number of amides is 1. The molecule has 1 saturated heterocycles. The number of alkyl carbamates (subject to hydrolysis) is 1. The first-order valence-electron chi connectivity index (χ1n) is 3.45. The molecular formula is C7H7NO3. The maximum absolute atomic E-state index is 11.1. The van der Waals surface area contributed by atoms with Crippen LogP contribution in [-0.2, 0) is 9.53 Å². The van der Waals surface area contributed by atoms with E-state index in [1.807, 2.05) is 6.08 Å². The first-order chi connectivity index (χ1) is 5.23. The van der Waals surface area contributed by atoms with Crippen LogP contribution < -0.4 is 5.32 Å². The van der Waals surface area contributed by atoms with Gasteiger partial charge in [-0.2, -0.15) is 0 Å². The van der Waals surface area contributed by atoms with Crippen molar-refractivity contribution in [2.24, 2.45) is 0 Å². The van der Waals surface area contributed by atoms with E-state index in [0.717, 1.165) is 6.42 Å². The van der Waals surface area contributed by atoms with E-state index in [-0.39, 0.29) is 0 Å². The van der Waals surface area contributed by atoms with Crippen LogP contribution in [0.1, 0.15) is 12.8 Å². The molecule has 0 aromatic rings. The topological polar surface area (TPSA) is 55.4 Å². The molecule has 0 aromatic heterocycles. The van der Waals surface area contributed by atoms with E-state index in [4.69, 9.17) is 0 Å². The van der Waals surface area contributed by atoms with E-state index in [2.05, 4.69) is 10.1 Å². The quantitative estimate of drug-likeness (QED) is 0.310. The van der Waals surface area contributed by atoms with Crippen LogP contribution in [0.5, 0.6) is 0 Å². The molecule has 4 heteroatoms. The lowest BCUT2D eigenvalue weighted by atomic mass is 10.0. The standard InChI is InChI=1S/C7H7NO3/c9-5-7(3-1-2-4-7)8-6(10)11-5/h1,3H,2,4H2,(H,8,10). The van der Waals surface area contributed by atoms with Crippen molar-refractivity contribution in [3.8, 4) is 0 Å². The Morgan fingerprint density at radius 2 is 2.36 bits per heavy atom. The predicted octanol–water partition coefficient (Wildman–Crippen LogP) is 0.342. The highest BCUT2D eigenvalue weighted by atomic mass is 16.6. The predicted molar refractivity (Wildman–Crippen MR) is 35.7 cm³/mol. The highest BCUT2D eigenvalue weighted by molar-refractivity contribution is 6.00. The Morgan fingerprint density at radius 1 is 1.55 bits per heavy atom. The van der Waals surface area contributed by atoms with Gasteiger partial charge in [0, 0.05) is 0 Å². The Bertz CT molecular complexity index is 258. The van der Waals surface area contributed by atoms with Gasteiger partial charge in [-0.1, -0.05) is 12.2 Å². The van der Waals surface area contributed by atoms with Crippen molar-refractivity contribution in [3.63, 3.8) is 0 Å². The van der Waals surface area contributed by atoms with Crippen LogP contribution in [0.4, 0.5) is 4.79 Å². The average Bonchev–Trinajstić information content (AvgIpc) is 2.45. The molecule has 1 fully saturated rings. The summed E-state index contributed by atoms with van der Waals surface area (Å²) < 4.78 is 4.36. The molecule has 4 nitrogen and oxygen atoms in total. The second-order valence-corrected chi connectivity index (χ2v) is 2.71. The van der Waals surface area contributed by atoms with Gasteiger partial charge in [0.15, 0.2) is 5.54 Å². The minimum absolute atomic E-state index is 0.476. The van der Waals surface area contributed by atoms with Gasteiger partial charge in [-0.3, -0.25) is 0 Å². The normalized spacial score (nSPS) is 34.5. The average molecular weight is 153 g/mol. The molecule has 0 radical (unpaired) electrons. The van der Waals surface area contributed by atoms with E-state index >= 15 is 0 Å². The van der Waals surface area contributed by atoms with Gasteiger partial charge in [0.2, 0.25) is 0 Å². The third kappa shape index (κ3) is 0.753. The molecule has 58 valence electrons. The van der Waals surface area contributed by atoms with Crippen molar-refractivity contribution >= 4 is 12.1 Å². The number of hydrogen-bond donors (Lipinski definition) is 1. The molecule has 1 unspecified atom stereocenters. The van der Waals surface area contributed by atoms with E-state index in [1.165, 1.54) is 0 Å². The molecule has 0 bridgehead atoms. The maximum Gasteiger partial charge on any atom is 0.416 e. The Labute approximate surface area is 63.2 Å². The fourth-order valence-electron chi connectivity index (χ4n) is 1.39. The Morgan fingerprint density at radius 3 is 2.82 bits per heavy atom. The van der Waals surface area contributed by atoms with Gasteiger partial charge in [0.05, 0.1) is 0 Å². The van der Waals surface area contributed by atoms with Crippen molar-refractivity contribution in [1.29, 1.82) is 0 Å². The number of allylic oxidation sites excluding steroid dienone is 1. The van der Waals surface area contributed by atoms with Crippen LogP contribution in [-0.4, -0.2) is 17.6 Å². The molecule has 2 rings (SSSR count). The molecule has 11 heavy (non-hydrogen) atoms. The van der Waals surface area contributed by atoms with E-state index in [9.17, 15) is 9.59 Å². The van der Waals surface area contributed by atoms with Crippen molar-refractivity contribution < 1.29 is 14.3 Å². The zero-order valence-electron chi connectivity index (χ0n) is 5.79. The summed E-state index contributed by atoms with van der Waals surface area (Å²) >= 11 is 0. The van der Waals surface area contributed by atoms with E-state index in [1.54, 1.807) is 6.08 Å².